The van der Waals surface area contributed by atoms with Gasteiger partial charge in [-0.15, -0.1) is 0 Å². The van der Waals surface area contributed by atoms with E-state index in [1.807, 2.05) is 0 Å². The fraction of sp³-hybridized carbons (Fsp3) is 0.870. The average Bonchev–Trinajstić information content (AvgIpc) is 3.19. The van der Waals surface area contributed by atoms with Crippen LogP contribution in [0.15, 0.2) is 18.2 Å². The van der Waals surface area contributed by atoms with Gasteiger partial charge in [0.2, 0.25) is 0 Å². The van der Waals surface area contributed by atoms with Crippen LogP contribution in [0.3, 0.4) is 0 Å². The number of benzene rings is 1. The van der Waals surface area contributed by atoms with Gasteiger partial charge in [-0.2, -0.15) is 0 Å². The van der Waals surface area contributed by atoms with Gasteiger partial charge in [-0.1, -0.05) is 289 Å². The van der Waals surface area contributed by atoms with Gasteiger partial charge in [-0.3, -0.25) is 0 Å². The Hall–Kier alpha value is -0.780. The zero-order valence-electron chi connectivity index (χ0n) is 37.8. The number of hydrogen-bond donors (Lipinski definition) is 0. The second-order valence-corrected chi connectivity index (χ2v) is 17.9. The molecule has 0 unspecified atom stereocenters. The highest BCUT2D eigenvalue weighted by Crippen LogP contribution is 2.22. The van der Waals surface area contributed by atoms with Gasteiger partial charge in [-0.05, 0) is 55.7 Å². The van der Waals surface area contributed by atoms with Crippen LogP contribution in [-0.2, 0) is 19.3 Å². The molecule has 54 heavy (non-hydrogen) atoms. The summed E-state index contributed by atoms with van der Waals surface area (Å²) in [7, 11) is 0. The predicted octanol–water partition coefficient (Wildman–Crippen LogP) is 19.6. The molecule has 0 aliphatic carbocycles. The minimum absolute atomic E-state index is 0.962. The van der Waals surface area contributed by atoms with E-state index in [1.54, 1.807) is 16.7 Å². The molecular formula is C54H101. The lowest BCUT2D eigenvalue weighted by molar-refractivity contribution is 0.520. The van der Waals surface area contributed by atoms with Crippen LogP contribution in [0.2, 0.25) is 0 Å². The van der Waals surface area contributed by atoms with Crippen molar-refractivity contribution in [3.8, 4) is 0 Å². The lowest BCUT2D eigenvalue weighted by Gasteiger charge is -2.14. The molecular weight excluding hydrogens is 649 g/mol. The number of hydrogen-bond acceptors (Lipinski definition) is 0. The Morgan fingerprint density at radius 1 is 0.278 bits per heavy atom. The van der Waals surface area contributed by atoms with Gasteiger partial charge in [0, 0.05) is 0 Å². The smallest absolute Gasteiger partial charge is 0.0273 e. The van der Waals surface area contributed by atoms with Crippen molar-refractivity contribution < 1.29 is 0 Å². The van der Waals surface area contributed by atoms with Crippen molar-refractivity contribution >= 4 is 0 Å². The predicted molar refractivity (Wildman–Crippen MR) is 248 cm³/mol. The molecule has 0 fully saturated rings. The Balaban J connectivity index is 1.89. The van der Waals surface area contributed by atoms with Crippen LogP contribution in [0.5, 0.6) is 0 Å². The Morgan fingerprint density at radius 2 is 0.463 bits per heavy atom. The summed E-state index contributed by atoms with van der Waals surface area (Å²) in [5.41, 5.74) is 4.78. The topological polar surface area (TPSA) is 0 Å². The maximum absolute atomic E-state index is 4.35. The van der Waals surface area contributed by atoms with E-state index in [0.717, 1.165) is 6.42 Å². The van der Waals surface area contributed by atoms with Crippen molar-refractivity contribution in [2.75, 3.05) is 0 Å². The van der Waals surface area contributed by atoms with Crippen LogP contribution >= 0.6 is 0 Å². The first kappa shape index (κ1) is 51.2. The molecule has 0 aromatic heterocycles. The molecule has 0 aliphatic rings. The number of aryl methyl sites for hydroxylation is 2. The average molecular weight is 750 g/mol. The molecule has 1 aromatic rings. The first-order chi connectivity index (χ1) is 26.8. The largest absolute Gasteiger partial charge is 0.0654 e. The van der Waals surface area contributed by atoms with Gasteiger partial charge < -0.3 is 0 Å². The van der Waals surface area contributed by atoms with E-state index in [9.17, 15) is 0 Å². The summed E-state index contributed by atoms with van der Waals surface area (Å²) >= 11 is 0. The van der Waals surface area contributed by atoms with E-state index in [1.165, 1.54) is 283 Å². The fourth-order valence-corrected chi connectivity index (χ4v) is 8.97. The molecule has 1 radical (unpaired) electrons. The first-order valence-electron chi connectivity index (χ1n) is 25.7. The first-order valence-corrected chi connectivity index (χ1v) is 25.7. The summed E-state index contributed by atoms with van der Waals surface area (Å²) < 4.78 is 0. The molecule has 1 aromatic carbocycles. The molecule has 0 saturated carbocycles. The van der Waals surface area contributed by atoms with E-state index in [2.05, 4.69) is 39.0 Å². The number of rotatable bonds is 45. The van der Waals surface area contributed by atoms with Gasteiger partial charge >= 0.3 is 0 Å². The molecule has 0 spiro atoms. The van der Waals surface area contributed by atoms with Crippen molar-refractivity contribution in [2.45, 2.75) is 303 Å². The third-order valence-electron chi connectivity index (χ3n) is 12.7. The summed E-state index contributed by atoms with van der Waals surface area (Å²) in [4.78, 5) is 0. The Bertz CT molecular complexity index is 772. The Kier molecular flexibility index (Phi) is 41.1. The lowest BCUT2D eigenvalue weighted by atomic mass is 9.92. The van der Waals surface area contributed by atoms with E-state index < -0.39 is 0 Å². The van der Waals surface area contributed by atoms with Crippen molar-refractivity contribution in [1.82, 2.24) is 0 Å². The summed E-state index contributed by atoms with van der Waals surface area (Å²) in [5.74, 6) is 0. The van der Waals surface area contributed by atoms with Gasteiger partial charge in [-0.25, -0.2) is 0 Å². The van der Waals surface area contributed by atoms with E-state index in [4.69, 9.17) is 0 Å². The normalized spacial score (nSPS) is 11.6. The highest BCUT2D eigenvalue weighted by molar-refractivity contribution is 5.36. The van der Waals surface area contributed by atoms with Gasteiger partial charge in [0.1, 0.15) is 0 Å². The minimum Gasteiger partial charge on any atom is -0.0654 e. The zero-order valence-corrected chi connectivity index (χ0v) is 37.8. The summed E-state index contributed by atoms with van der Waals surface area (Å²) in [6.45, 7) is 8.97. The summed E-state index contributed by atoms with van der Waals surface area (Å²) in [6, 6.07) is 7.13. The van der Waals surface area contributed by atoms with Crippen LogP contribution < -0.4 is 0 Å². The molecule has 0 heteroatoms. The summed E-state index contributed by atoms with van der Waals surface area (Å²) in [5, 5.41) is 0. The van der Waals surface area contributed by atoms with Crippen LogP contribution in [0.25, 0.3) is 0 Å². The molecule has 0 saturated heterocycles. The van der Waals surface area contributed by atoms with Crippen molar-refractivity contribution in [3.63, 3.8) is 0 Å². The SMILES string of the molecule is [CH2]Cc1c(CCCCCCCCCCCCCCCCCCCCCCC)cccc1CCCCCCCCCCCCCCCCCCCCCCC. The molecule has 0 bridgehead atoms. The molecule has 0 heterocycles. The third kappa shape index (κ3) is 34.5. The third-order valence-corrected chi connectivity index (χ3v) is 12.7. The summed E-state index contributed by atoms with van der Waals surface area (Å²) in [6.07, 6.45) is 64.6. The molecule has 317 valence electrons. The van der Waals surface area contributed by atoms with Crippen molar-refractivity contribution in [3.05, 3.63) is 41.8 Å². The highest BCUT2D eigenvalue weighted by atomic mass is 14.1. The van der Waals surface area contributed by atoms with Crippen LogP contribution in [0, 0.1) is 6.92 Å². The van der Waals surface area contributed by atoms with Crippen LogP contribution in [0.1, 0.15) is 300 Å². The second-order valence-electron chi connectivity index (χ2n) is 17.9. The van der Waals surface area contributed by atoms with E-state index in [0.29, 0.717) is 0 Å². The quantitative estimate of drug-likeness (QED) is 0.0583. The van der Waals surface area contributed by atoms with Crippen LogP contribution in [0.4, 0.5) is 0 Å². The molecule has 0 nitrogen and oxygen atoms in total. The maximum Gasteiger partial charge on any atom is -0.0273 e. The number of unbranched alkanes of at least 4 members (excludes halogenated alkanes) is 40. The fourth-order valence-electron chi connectivity index (χ4n) is 8.97. The second kappa shape index (κ2) is 43.3. The maximum atomic E-state index is 4.35. The van der Waals surface area contributed by atoms with Gasteiger partial charge in [0.15, 0.2) is 0 Å². The highest BCUT2D eigenvalue weighted by Gasteiger charge is 2.07. The van der Waals surface area contributed by atoms with Crippen molar-refractivity contribution in [1.29, 1.82) is 0 Å². The Labute approximate surface area is 343 Å². The van der Waals surface area contributed by atoms with Crippen molar-refractivity contribution in [2.24, 2.45) is 0 Å². The molecule has 0 amide bonds. The minimum atomic E-state index is 0.962. The van der Waals surface area contributed by atoms with E-state index >= 15 is 0 Å². The monoisotopic (exact) mass is 750 g/mol. The standard InChI is InChI=1S/C54H101/c1-4-7-9-11-13-15-17-19-21-23-25-27-29-31-33-35-37-39-41-43-45-48-52-50-47-51-53(54(52)6-3)49-46-44-42-40-38-36-34-32-30-28-26-24-22-20-18-16-14-12-10-8-5-2/h47,50-51H,3-46,48-49H2,1-2H3. The van der Waals surface area contributed by atoms with Gasteiger partial charge in [0.25, 0.3) is 0 Å². The van der Waals surface area contributed by atoms with E-state index in [-0.39, 0.29) is 0 Å². The lowest BCUT2D eigenvalue weighted by Crippen LogP contribution is -2.00. The zero-order chi connectivity index (χ0) is 38.7. The van der Waals surface area contributed by atoms with Crippen LogP contribution in [-0.4, -0.2) is 0 Å². The Morgan fingerprint density at radius 3 is 0.648 bits per heavy atom. The molecule has 0 N–H and O–H groups in total. The molecule has 0 atom stereocenters. The molecule has 0 aliphatic heterocycles. The molecule has 1 rings (SSSR count). The van der Waals surface area contributed by atoms with Gasteiger partial charge in [0.05, 0.1) is 0 Å².